The Morgan fingerprint density at radius 3 is 2.41 bits per heavy atom. The smallest absolute Gasteiger partial charge is 0.226 e. The molecule has 1 amide bonds. The lowest BCUT2D eigenvalue weighted by Gasteiger charge is -2.31. The van der Waals surface area contributed by atoms with Crippen molar-refractivity contribution in [2.75, 3.05) is 0 Å². The van der Waals surface area contributed by atoms with E-state index in [0.29, 0.717) is 19.0 Å². The molecule has 0 radical (unpaired) electrons. The third kappa shape index (κ3) is 4.01. The highest BCUT2D eigenvalue weighted by atomic mass is 16.2. The number of carbonyl (C=O) groups excluding carboxylic acids is 1. The molecule has 158 valence electrons. The molecule has 0 atom stereocenters. The number of aromatic nitrogens is 3. The Labute approximate surface area is 175 Å². The zero-order chi connectivity index (χ0) is 20.6. The van der Waals surface area contributed by atoms with Gasteiger partial charge >= 0.3 is 0 Å². The number of rotatable bonds is 5. The lowest BCUT2D eigenvalue weighted by atomic mass is 9.79. The summed E-state index contributed by atoms with van der Waals surface area (Å²) in [5.74, 6) is 2.50. The van der Waals surface area contributed by atoms with Crippen LogP contribution in [-0.2, 0) is 23.4 Å². The van der Waals surface area contributed by atoms with Crippen LogP contribution in [0.15, 0.2) is 24.5 Å². The van der Waals surface area contributed by atoms with Crippen molar-refractivity contribution in [1.82, 2.24) is 19.2 Å². The molecule has 5 heteroatoms. The minimum atomic E-state index is -0.102. The molecule has 1 saturated carbocycles. The van der Waals surface area contributed by atoms with Crippen molar-refractivity contribution in [3.8, 4) is 5.82 Å². The van der Waals surface area contributed by atoms with Gasteiger partial charge in [-0.15, -0.1) is 0 Å². The molecular formula is C24H36N4O. The van der Waals surface area contributed by atoms with Crippen LogP contribution in [0.2, 0.25) is 0 Å². The lowest BCUT2D eigenvalue weighted by molar-refractivity contribution is -0.137. The van der Waals surface area contributed by atoms with Crippen molar-refractivity contribution >= 4 is 5.91 Å². The first-order valence-corrected chi connectivity index (χ1v) is 11.4. The van der Waals surface area contributed by atoms with Crippen LogP contribution in [0.3, 0.4) is 0 Å². The zero-order valence-electron chi connectivity index (χ0n) is 18.5. The van der Waals surface area contributed by atoms with E-state index in [1.165, 1.54) is 37.7 Å². The normalized spacial score (nSPS) is 22.1. The van der Waals surface area contributed by atoms with Gasteiger partial charge in [0.05, 0.1) is 24.3 Å². The molecule has 2 aromatic heterocycles. The van der Waals surface area contributed by atoms with Gasteiger partial charge in [-0.25, -0.2) is 4.68 Å². The van der Waals surface area contributed by atoms with Crippen molar-refractivity contribution < 1.29 is 4.79 Å². The van der Waals surface area contributed by atoms with Gasteiger partial charge in [0, 0.05) is 23.9 Å². The van der Waals surface area contributed by atoms with E-state index < -0.39 is 0 Å². The average Bonchev–Trinajstić information content (AvgIpc) is 3.41. The fourth-order valence-corrected chi connectivity index (χ4v) is 5.02. The molecule has 2 aliphatic rings. The Balaban J connectivity index is 1.48. The van der Waals surface area contributed by atoms with E-state index in [9.17, 15) is 4.79 Å². The average molecular weight is 397 g/mol. The van der Waals surface area contributed by atoms with Crippen molar-refractivity contribution in [2.24, 2.45) is 11.8 Å². The van der Waals surface area contributed by atoms with Crippen LogP contribution < -0.4 is 0 Å². The van der Waals surface area contributed by atoms with E-state index in [-0.39, 0.29) is 11.5 Å². The highest BCUT2D eigenvalue weighted by Crippen LogP contribution is 2.36. The molecule has 29 heavy (non-hydrogen) atoms. The van der Waals surface area contributed by atoms with Crippen LogP contribution in [0.4, 0.5) is 0 Å². The summed E-state index contributed by atoms with van der Waals surface area (Å²) in [5, 5.41) is 4.94. The van der Waals surface area contributed by atoms with Crippen molar-refractivity contribution in [1.29, 1.82) is 0 Å². The summed E-state index contributed by atoms with van der Waals surface area (Å²) in [7, 11) is 0. The van der Waals surface area contributed by atoms with E-state index in [0.717, 1.165) is 30.3 Å². The van der Waals surface area contributed by atoms with Crippen LogP contribution in [0, 0.1) is 11.8 Å². The van der Waals surface area contributed by atoms with E-state index in [4.69, 9.17) is 5.10 Å². The molecule has 1 aliphatic carbocycles. The standard InChI is InChI=1S/C24H36N4O/c1-5-6-9-18-10-12-19(13-11-18)23(29)27-16-20-21(17-27)25-28(24(2,3)4)22(20)26-14-7-8-15-26/h7-8,14-15,18-19H,5-6,9-13,16-17H2,1-4H3. The maximum atomic E-state index is 13.3. The number of carbonyl (C=O) groups is 1. The molecule has 0 bridgehead atoms. The molecule has 1 aliphatic heterocycles. The monoisotopic (exact) mass is 396 g/mol. The number of unbranched alkanes of at least 4 members (excludes halogenated alkanes) is 1. The van der Waals surface area contributed by atoms with Crippen molar-refractivity contribution in [3.63, 3.8) is 0 Å². The lowest BCUT2D eigenvalue weighted by Crippen LogP contribution is -2.35. The highest BCUT2D eigenvalue weighted by Gasteiger charge is 2.36. The van der Waals surface area contributed by atoms with Crippen LogP contribution in [0.25, 0.3) is 5.82 Å². The molecule has 0 N–H and O–H groups in total. The quantitative estimate of drug-likeness (QED) is 0.691. The number of nitrogens with zero attached hydrogens (tertiary/aromatic N) is 4. The van der Waals surface area contributed by atoms with Gasteiger partial charge in [-0.3, -0.25) is 4.79 Å². The van der Waals surface area contributed by atoms with Crippen LogP contribution in [-0.4, -0.2) is 25.2 Å². The van der Waals surface area contributed by atoms with Gasteiger partial charge in [-0.05, 0) is 64.5 Å². The molecule has 1 fully saturated rings. The number of amides is 1. The maximum absolute atomic E-state index is 13.3. The predicted molar refractivity (Wildman–Crippen MR) is 116 cm³/mol. The predicted octanol–water partition coefficient (Wildman–Crippen LogP) is 5.27. The molecule has 5 nitrogen and oxygen atoms in total. The third-order valence-electron chi connectivity index (χ3n) is 6.69. The second kappa shape index (κ2) is 8.00. The molecule has 0 unspecified atom stereocenters. The molecule has 0 saturated heterocycles. The summed E-state index contributed by atoms with van der Waals surface area (Å²) in [6.07, 6.45) is 12.7. The molecule has 0 aromatic carbocycles. The van der Waals surface area contributed by atoms with Crippen LogP contribution >= 0.6 is 0 Å². The Hall–Kier alpha value is -2.04. The van der Waals surface area contributed by atoms with E-state index >= 15 is 0 Å². The highest BCUT2D eigenvalue weighted by molar-refractivity contribution is 5.79. The summed E-state index contributed by atoms with van der Waals surface area (Å²) >= 11 is 0. The Morgan fingerprint density at radius 2 is 1.79 bits per heavy atom. The second-order valence-corrected chi connectivity index (χ2v) is 9.98. The van der Waals surface area contributed by atoms with Gasteiger partial charge in [-0.2, -0.15) is 5.10 Å². The largest absolute Gasteiger partial charge is 0.332 e. The summed E-state index contributed by atoms with van der Waals surface area (Å²) in [6, 6.07) is 4.09. The SMILES string of the molecule is CCCCC1CCC(C(=O)N2Cc3nn(C(C)(C)C)c(-n4cccc4)c3C2)CC1. The molecular weight excluding hydrogens is 360 g/mol. The van der Waals surface area contributed by atoms with Gasteiger partial charge in [0.1, 0.15) is 5.82 Å². The molecule has 0 spiro atoms. The number of hydrogen-bond donors (Lipinski definition) is 0. The van der Waals surface area contributed by atoms with E-state index in [1.807, 2.05) is 12.1 Å². The van der Waals surface area contributed by atoms with E-state index in [1.54, 1.807) is 0 Å². The molecule has 3 heterocycles. The summed E-state index contributed by atoms with van der Waals surface area (Å²) in [5.41, 5.74) is 2.17. The Bertz CT molecular complexity index is 835. The summed E-state index contributed by atoms with van der Waals surface area (Å²) in [6.45, 7) is 10.2. The number of fused-ring (bicyclic) bond motifs is 1. The van der Waals surface area contributed by atoms with Gasteiger partial charge in [0.2, 0.25) is 5.91 Å². The Kier molecular flexibility index (Phi) is 5.58. The molecule has 2 aromatic rings. The topological polar surface area (TPSA) is 43.1 Å². The fourth-order valence-electron chi connectivity index (χ4n) is 5.02. The van der Waals surface area contributed by atoms with Gasteiger partial charge in [-0.1, -0.05) is 26.2 Å². The van der Waals surface area contributed by atoms with Gasteiger partial charge < -0.3 is 9.47 Å². The maximum Gasteiger partial charge on any atom is 0.226 e. The zero-order valence-corrected chi connectivity index (χ0v) is 18.5. The first-order valence-electron chi connectivity index (χ1n) is 11.4. The summed E-state index contributed by atoms with van der Waals surface area (Å²) in [4.78, 5) is 15.3. The minimum Gasteiger partial charge on any atom is -0.332 e. The van der Waals surface area contributed by atoms with Crippen molar-refractivity contribution in [3.05, 3.63) is 35.8 Å². The van der Waals surface area contributed by atoms with Crippen LogP contribution in [0.1, 0.15) is 83.9 Å². The van der Waals surface area contributed by atoms with Crippen LogP contribution in [0.5, 0.6) is 0 Å². The summed E-state index contributed by atoms with van der Waals surface area (Å²) < 4.78 is 4.27. The Morgan fingerprint density at radius 1 is 1.10 bits per heavy atom. The fraction of sp³-hybridized carbons (Fsp3) is 0.667. The third-order valence-corrected chi connectivity index (χ3v) is 6.69. The minimum absolute atomic E-state index is 0.102. The second-order valence-electron chi connectivity index (χ2n) is 9.98. The van der Waals surface area contributed by atoms with E-state index in [2.05, 4.69) is 54.2 Å². The molecule has 4 rings (SSSR count). The van der Waals surface area contributed by atoms with Crippen molar-refractivity contribution in [2.45, 2.75) is 91.3 Å². The first kappa shape index (κ1) is 20.2. The first-order chi connectivity index (χ1) is 13.9. The van der Waals surface area contributed by atoms with Gasteiger partial charge in [0.25, 0.3) is 0 Å². The van der Waals surface area contributed by atoms with Gasteiger partial charge in [0.15, 0.2) is 0 Å². The number of hydrogen-bond acceptors (Lipinski definition) is 2.